The first-order valence-electron chi connectivity index (χ1n) is 10.1. The van der Waals surface area contributed by atoms with Crippen LogP contribution in [0.2, 0.25) is 0 Å². The van der Waals surface area contributed by atoms with E-state index in [0.29, 0.717) is 37.0 Å². The molecular formula is C19H31N5O2S. The number of aromatic nitrogens is 1. The minimum Gasteiger partial charge on any atom is -0.325 e. The summed E-state index contributed by atoms with van der Waals surface area (Å²) in [6.45, 7) is 8.82. The normalized spacial score (nSPS) is 19.1. The van der Waals surface area contributed by atoms with Crippen LogP contribution < -0.4 is 10.6 Å². The first kappa shape index (κ1) is 20.1. The van der Waals surface area contributed by atoms with E-state index in [9.17, 15) is 9.59 Å². The Hall–Kier alpha value is -1.67. The first-order chi connectivity index (χ1) is 13.1. The van der Waals surface area contributed by atoms with Gasteiger partial charge in [-0.3, -0.25) is 4.79 Å². The molecule has 8 heteroatoms. The van der Waals surface area contributed by atoms with Gasteiger partial charge in [-0.05, 0) is 58.5 Å². The van der Waals surface area contributed by atoms with Crippen molar-refractivity contribution in [2.45, 2.75) is 45.4 Å². The highest BCUT2D eigenvalue weighted by Gasteiger charge is 2.29. The molecule has 150 valence electrons. The second kappa shape index (κ2) is 9.50. The number of anilines is 1. The zero-order valence-corrected chi connectivity index (χ0v) is 17.2. The van der Waals surface area contributed by atoms with Crippen LogP contribution in [0.3, 0.4) is 0 Å². The molecule has 7 nitrogen and oxygen atoms in total. The van der Waals surface area contributed by atoms with E-state index in [0.717, 1.165) is 39.0 Å². The zero-order chi connectivity index (χ0) is 19.2. The smallest absolute Gasteiger partial charge is 0.319 e. The maximum atomic E-state index is 12.6. The van der Waals surface area contributed by atoms with Gasteiger partial charge in [-0.25, -0.2) is 9.78 Å². The molecule has 2 fully saturated rings. The van der Waals surface area contributed by atoms with Crippen LogP contribution in [-0.4, -0.2) is 66.0 Å². The maximum absolute atomic E-state index is 12.6. The second-order valence-corrected chi connectivity index (χ2v) is 8.36. The third kappa shape index (κ3) is 4.99. The van der Waals surface area contributed by atoms with Crippen LogP contribution >= 0.6 is 11.3 Å². The number of likely N-dealkylation sites (tertiary alicyclic amines) is 1. The summed E-state index contributed by atoms with van der Waals surface area (Å²) in [6, 6.07) is 0.0883. The van der Waals surface area contributed by atoms with Crippen LogP contribution in [0.5, 0.6) is 0 Å². The van der Waals surface area contributed by atoms with E-state index in [1.165, 1.54) is 4.88 Å². The fourth-order valence-corrected chi connectivity index (χ4v) is 4.86. The monoisotopic (exact) mass is 393 g/mol. The number of piperidine rings is 2. The molecule has 1 aromatic rings. The molecule has 3 heterocycles. The number of nitrogens with zero attached hydrogens (tertiary/aromatic N) is 3. The van der Waals surface area contributed by atoms with Gasteiger partial charge in [0, 0.05) is 43.2 Å². The van der Waals surface area contributed by atoms with Gasteiger partial charge in [-0.15, -0.1) is 11.3 Å². The van der Waals surface area contributed by atoms with Crippen molar-refractivity contribution in [3.05, 3.63) is 11.1 Å². The van der Waals surface area contributed by atoms with Crippen LogP contribution in [-0.2, 0) is 4.79 Å². The number of carbonyl (C=O) groups is 2. The molecule has 0 unspecified atom stereocenters. The minimum atomic E-state index is -0.0445. The summed E-state index contributed by atoms with van der Waals surface area (Å²) in [5.41, 5.74) is 0. The van der Waals surface area contributed by atoms with Crippen molar-refractivity contribution in [1.82, 2.24) is 20.1 Å². The van der Waals surface area contributed by atoms with Crippen molar-refractivity contribution in [1.29, 1.82) is 0 Å². The van der Waals surface area contributed by atoms with Gasteiger partial charge in [0.1, 0.15) is 0 Å². The molecule has 0 aromatic carbocycles. The Kier molecular flexibility index (Phi) is 7.07. The lowest BCUT2D eigenvalue weighted by atomic mass is 9.96. The number of nitrogens with one attached hydrogen (secondary N) is 2. The molecule has 2 aliphatic heterocycles. The molecule has 3 amide bonds. The lowest BCUT2D eigenvalue weighted by Crippen LogP contribution is -2.47. The summed E-state index contributed by atoms with van der Waals surface area (Å²) in [6.07, 6.45) is 5.61. The molecule has 0 aliphatic carbocycles. The highest BCUT2D eigenvalue weighted by Crippen LogP contribution is 2.32. The maximum Gasteiger partial charge on any atom is 0.319 e. The predicted molar refractivity (Wildman–Crippen MR) is 108 cm³/mol. The molecule has 0 bridgehead atoms. The third-order valence-corrected chi connectivity index (χ3v) is 6.74. The Morgan fingerprint density at radius 1 is 1.22 bits per heavy atom. The van der Waals surface area contributed by atoms with Crippen molar-refractivity contribution in [2.24, 2.45) is 5.92 Å². The number of hydrogen-bond acceptors (Lipinski definition) is 5. The number of urea groups is 1. The van der Waals surface area contributed by atoms with E-state index in [2.05, 4.69) is 15.6 Å². The van der Waals surface area contributed by atoms with Gasteiger partial charge in [0.15, 0.2) is 5.13 Å². The van der Waals surface area contributed by atoms with Gasteiger partial charge in [0.2, 0.25) is 5.91 Å². The fourth-order valence-electron chi connectivity index (χ4n) is 3.87. The van der Waals surface area contributed by atoms with E-state index < -0.39 is 0 Å². The zero-order valence-electron chi connectivity index (χ0n) is 16.4. The number of hydrogen-bond donors (Lipinski definition) is 2. The number of rotatable bonds is 5. The van der Waals surface area contributed by atoms with E-state index in [1.807, 2.05) is 29.8 Å². The van der Waals surface area contributed by atoms with E-state index in [4.69, 9.17) is 0 Å². The molecule has 0 radical (unpaired) electrons. The number of carbonyl (C=O) groups excluding carboxylic acids is 2. The van der Waals surface area contributed by atoms with Crippen LogP contribution in [0.25, 0.3) is 0 Å². The van der Waals surface area contributed by atoms with Gasteiger partial charge in [-0.1, -0.05) is 0 Å². The highest BCUT2D eigenvalue weighted by molar-refractivity contribution is 7.15. The first-order valence-corrected chi connectivity index (χ1v) is 10.9. The SMILES string of the molecule is CCN(CC)C(=O)N1CCC(C(=O)Nc2ncc(C3CCNCC3)s2)CC1. The lowest BCUT2D eigenvalue weighted by Gasteiger charge is -2.34. The van der Waals surface area contributed by atoms with Crippen molar-refractivity contribution >= 4 is 28.4 Å². The Balaban J connectivity index is 1.48. The fraction of sp³-hybridized carbons (Fsp3) is 0.737. The second-order valence-electron chi connectivity index (χ2n) is 7.30. The van der Waals surface area contributed by atoms with Crippen molar-refractivity contribution < 1.29 is 9.59 Å². The molecule has 0 saturated carbocycles. The summed E-state index contributed by atoms with van der Waals surface area (Å²) < 4.78 is 0. The van der Waals surface area contributed by atoms with Gasteiger partial charge in [0.25, 0.3) is 0 Å². The molecule has 1 aromatic heterocycles. The summed E-state index contributed by atoms with van der Waals surface area (Å²) >= 11 is 1.61. The molecule has 2 aliphatic rings. The van der Waals surface area contributed by atoms with Gasteiger partial charge in [-0.2, -0.15) is 0 Å². The van der Waals surface area contributed by atoms with E-state index in [1.54, 1.807) is 11.3 Å². The molecule has 2 N–H and O–H groups in total. The average Bonchev–Trinajstić information content (AvgIpc) is 3.18. The Bertz CT molecular complexity index is 632. The third-order valence-electron chi connectivity index (χ3n) is 5.67. The van der Waals surface area contributed by atoms with Gasteiger partial charge in [0.05, 0.1) is 0 Å². The molecule has 0 atom stereocenters. The van der Waals surface area contributed by atoms with Crippen molar-refractivity contribution in [3.8, 4) is 0 Å². The molecule has 27 heavy (non-hydrogen) atoms. The Morgan fingerprint density at radius 2 is 1.89 bits per heavy atom. The molecule has 2 saturated heterocycles. The molecule has 3 rings (SSSR count). The van der Waals surface area contributed by atoms with Crippen molar-refractivity contribution in [3.63, 3.8) is 0 Å². The molecule has 0 spiro atoms. The minimum absolute atomic E-state index is 0.0381. The Morgan fingerprint density at radius 3 is 2.52 bits per heavy atom. The van der Waals surface area contributed by atoms with Crippen molar-refractivity contribution in [2.75, 3.05) is 44.6 Å². The highest BCUT2D eigenvalue weighted by atomic mass is 32.1. The lowest BCUT2D eigenvalue weighted by molar-refractivity contribution is -0.121. The van der Waals surface area contributed by atoms with E-state index >= 15 is 0 Å². The Labute approximate surface area is 165 Å². The summed E-state index contributed by atoms with van der Waals surface area (Å²) in [4.78, 5) is 34.4. The number of thiazole rings is 1. The van der Waals surface area contributed by atoms with Gasteiger partial charge >= 0.3 is 6.03 Å². The van der Waals surface area contributed by atoms with Gasteiger partial charge < -0.3 is 20.4 Å². The van der Waals surface area contributed by atoms with Crippen LogP contribution in [0, 0.1) is 5.92 Å². The summed E-state index contributed by atoms with van der Waals surface area (Å²) in [5, 5.41) is 7.08. The largest absolute Gasteiger partial charge is 0.325 e. The summed E-state index contributed by atoms with van der Waals surface area (Å²) in [5.74, 6) is 0.553. The van der Waals surface area contributed by atoms with Crippen LogP contribution in [0.1, 0.15) is 50.3 Å². The molecular weight excluding hydrogens is 362 g/mol. The van der Waals surface area contributed by atoms with Crippen LogP contribution in [0.4, 0.5) is 9.93 Å². The quantitative estimate of drug-likeness (QED) is 0.806. The van der Waals surface area contributed by atoms with E-state index in [-0.39, 0.29) is 17.9 Å². The standard InChI is InChI=1S/C19H31N5O2S/c1-3-23(4-2)19(26)24-11-7-15(8-12-24)17(25)22-18-21-13-16(27-18)14-5-9-20-10-6-14/h13-15,20H,3-12H2,1-2H3,(H,21,22,25). The van der Waals surface area contributed by atoms with Crippen LogP contribution in [0.15, 0.2) is 6.20 Å². The number of amides is 3. The predicted octanol–water partition coefficient (Wildman–Crippen LogP) is 2.72. The average molecular weight is 394 g/mol. The topological polar surface area (TPSA) is 77.6 Å². The summed E-state index contributed by atoms with van der Waals surface area (Å²) in [7, 11) is 0.